The van der Waals surface area contributed by atoms with E-state index >= 15 is 0 Å². The largest absolute Gasteiger partial charge is 1.00 e. The molecule has 1 rings (SSSR count). The van der Waals surface area contributed by atoms with E-state index < -0.39 is 15.6 Å². The smallest absolute Gasteiger partial charge is 0.746 e. The maximum atomic E-state index is 10.3. The molecule has 0 amide bonds. The molecule has 0 saturated heterocycles. The van der Waals surface area contributed by atoms with Crippen LogP contribution in [0.5, 0.6) is 0 Å². The predicted molar refractivity (Wildman–Crippen MR) is 44.0 cm³/mol. The van der Waals surface area contributed by atoms with Crippen LogP contribution in [0.4, 0.5) is 0 Å². The maximum Gasteiger partial charge on any atom is 1.00 e. The van der Waals surface area contributed by atoms with Gasteiger partial charge in [-0.1, -0.05) is 11.6 Å². The molecule has 1 unspecified atom stereocenters. The van der Waals surface area contributed by atoms with Gasteiger partial charge in [-0.2, -0.15) is 0 Å². The Hall–Kier alpha value is 0.860. The second-order valence-electron chi connectivity index (χ2n) is 1.99. The Bertz CT molecular complexity index is 374. The zero-order valence-electron chi connectivity index (χ0n) is 6.60. The van der Waals surface area contributed by atoms with Crippen LogP contribution in [0.15, 0.2) is 11.4 Å². The van der Waals surface area contributed by atoms with Gasteiger partial charge >= 0.3 is 29.6 Å². The Balaban J connectivity index is 0.00000144. The fourth-order valence-electron chi connectivity index (χ4n) is 0.636. The average molecular weight is 251 g/mol. The molecule has 68 valence electrons. The van der Waals surface area contributed by atoms with Gasteiger partial charge in [-0.15, -0.1) is 11.3 Å². The number of aliphatic hydroxyl groups excluding tert-OH is 1. The Morgan fingerprint density at radius 2 is 2.15 bits per heavy atom. The van der Waals surface area contributed by atoms with Crippen LogP contribution >= 0.6 is 22.9 Å². The van der Waals surface area contributed by atoms with Gasteiger partial charge in [0, 0.05) is 5.56 Å². The van der Waals surface area contributed by atoms with Crippen LogP contribution in [0.2, 0.25) is 4.34 Å². The maximum absolute atomic E-state index is 10.3. The van der Waals surface area contributed by atoms with E-state index in [0.717, 1.165) is 11.3 Å². The number of hydrogen-bond acceptors (Lipinski definition) is 5. The van der Waals surface area contributed by atoms with Crippen molar-refractivity contribution in [2.45, 2.75) is 5.44 Å². The topological polar surface area (TPSA) is 77.4 Å². The van der Waals surface area contributed by atoms with Gasteiger partial charge in [-0.25, -0.2) is 8.42 Å². The first-order valence-electron chi connectivity index (χ1n) is 2.78. The normalized spacial score (nSPS) is 13.5. The number of hydrogen-bond donors (Lipinski definition) is 1. The molecular weight excluding hydrogens is 247 g/mol. The molecule has 0 spiro atoms. The van der Waals surface area contributed by atoms with E-state index in [1.807, 2.05) is 0 Å². The van der Waals surface area contributed by atoms with Crippen molar-refractivity contribution >= 4 is 33.1 Å². The molecule has 1 heterocycles. The van der Waals surface area contributed by atoms with Gasteiger partial charge in [0.15, 0.2) is 5.44 Å². The van der Waals surface area contributed by atoms with E-state index in [9.17, 15) is 13.0 Å². The van der Waals surface area contributed by atoms with Crippen molar-refractivity contribution < 1.29 is 47.6 Å². The van der Waals surface area contributed by atoms with Crippen LogP contribution in [0.1, 0.15) is 11.0 Å². The van der Waals surface area contributed by atoms with Crippen LogP contribution in [-0.4, -0.2) is 18.1 Å². The van der Waals surface area contributed by atoms with Crippen LogP contribution < -0.4 is 29.6 Å². The van der Waals surface area contributed by atoms with Gasteiger partial charge in [0.1, 0.15) is 10.1 Å². The van der Waals surface area contributed by atoms with E-state index in [1.54, 1.807) is 0 Å². The summed E-state index contributed by atoms with van der Waals surface area (Å²) in [6.07, 6.45) is 0. The second-order valence-corrected chi connectivity index (χ2v) is 4.95. The summed E-state index contributed by atoms with van der Waals surface area (Å²) < 4.78 is 31.1. The summed E-state index contributed by atoms with van der Waals surface area (Å²) in [6.45, 7) is 0. The van der Waals surface area contributed by atoms with Gasteiger partial charge in [0.05, 0.1) is 4.34 Å². The minimum absolute atomic E-state index is 0. The number of thiophene rings is 1. The van der Waals surface area contributed by atoms with Crippen molar-refractivity contribution in [2.75, 3.05) is 0 Å². The third-order valence-corrected chi connectivity index (χ3v) is 3.19. The number of aliphatic hydroxyl groups is 1. The number of halogens is 1. The third kappa shape index (κ3) is 3.49. The molecule has 0 aromatic carbocycles. The second kappa shape index (κ2) is 5.09. The molecule has 0 saturated carbocycles. The summed E-state index contributed by atoms with van der Waals surface area (Å²) in [5.74, 6) is 0. The summed E-state index contributed by atoms with van der Waals surface area (Å²) in [7, 11) is -4.72. The van der Waals surface area contributed by atoms with Crippen LogP contribution in [0, 0.1) is 0 Å². The van der Waals surface area contributed by atoms with Crippen molar-refractivity contribution in [3.8, 4) is 0 Å². The van der Waals surface area contributed by atoms with E-state index in [0.29, 0.717) is 0 Å². The van der Waals surface area contributed by atoms with Crippen molar-refractivity contribution in [2.24, 2.45) is 0 Å². The van der Waals surface area contributed by atoms with Gasteiger partial charge in [0.25, 0.3) is 0 Å². The van der Waals surface area contributed by atoms with E-state index in [4.69, 9.17) is 16.7 Å². The Labute approximate surface area is 107 Å². The summed E-state index contributed by atoms with van der Waals surface area (Å²) in [4.78, 5) is 0. The molecule has 1 N–H and O–H groups in total. The molecule has 0 bridgehead atoms. The Kier molecular flexibility index (Phi) is 5.42. The standard InChI is InChI=1S/C5H5ClO4S2.Na/c6-4-3(1-2-11-4)5(7)12(8,9)10;/h1-2,5,7H,(H,8,9,10);/q;+1/p-1. The van der Waals surface area contributed by atoms with Gasteiger partial charge < -0.3 is 9.66 Å². The van der Waals surface area contributed by atoms with Gasteiger partial charge in [-0.3, -0.25) is 0 Å². The first-order chi connectivity index (χ1) is 5.43. The fraction of sp³-hybridized carbons (Fsp3) is 0.200. The summed E-state index contributed by atoms with van der Waals surface area (Å²) in [6, 6.07) is 1.30. The van der Waals surface area contributed by atoms with Gasteiger partial charge in [-0.05, 0) is 11.4 Å². The fourth-order valence-corrected chi connectivity index (χ4v) is 2.25. The Morgan fingerprint density at radius 3 is 2.46 bits per heavy atom. The predicted octanol–water partition coefficient (Wildman–Crippen LogP) is -2.06. The molecule has 1 aromatic heterocycles. The molecule has 8 heteroatoms. The molecule has 0 fully saturated rings. The van der Waals surface area contributed by atoms with E-state index in [1.165, 1.54) is 11.4 Å². The molecule has 13 heavy (non-hydrogen) atoms. The van der Waals surface area contributed by atoms with Crippen molar-refractivity contribution in [3.63, 3.8) is 0 Å². The van der Waals surface area contributed by atoms with Crippen molar-refractivity contribution in [1.82, 2.24) is 0 Å². The van der Waals surface area contributed by atoms with Crippen LogP contribution in [0.25, 0.3) is 0 Å². The molecule has 1 aromatic rings. The van der Waals surface area contributed by atoms with Crippen LogP contribution in [0.3, 0.4) is 0 Å². The minimum atomic E-state index is -4.72. The zero-order chi connectivity index (χ0) is 9.35. The molecule has 0 aliphatic rings. The summed E-state index contributed by atoms with van der Waals surface area (Å²) in [5.41, 5.74) is -2.12. The monoisotopic (exact) mass is 250 g/mol. The SMILES string of the molecule is O=S(=O)([O-])C(O)c1ccsc1Cl.[Na+]. The van der Waals surface area contributed by atoms with Crippen molar-refractivity contribution in [3.05, 3.63) is 21.3 Å². The molecule has 0 aliphatic heterocycles. The first-order valence-corrected chi connectivity index (χ1v) is 5.51. The first kappa shape index (κ1) is 13.9. The zero-order valence-corrected chi connectivity index (χ0v) is 11.0. The Morgan fingerprint density at radius 1 is 1.62 bits per heavy atom. The molecule has 0 aliphatic carbocycles. The third-order valence-electron chi connectivity index (χ3n) is 1.19. The molecule has 0 radical (unpaired) electrons. The minimum Gasteiger partial charge on any atom is -0.746 e. The average Bonchev–Trinajstić information content (AvgIpc) is 2.31. The molecule has 4 nitrogen and oxygen atoms in total. The summed E-state index contributed by atoms with van der Waals surface area (Å²) in [5, 5.41) is 10.4. The van der Waals surface area contributed by atoms with Gasteiger partial charge in [0.2, 0.25) is 0 Å². The van der Waals surface area contributed by atoms with Crippen LogP contribution in [-0.2, 0) is 10.1 Å². The molecular formula is C5H4ClNaO4S2. The van der Waals surface area contributed by atoms with E-state index in [2.05, 4.69) is 0 Å². The summed E-state index contributed by atoms with van der Waals surface area (Å²) >= 11 is 6.55. The van der Waals surface area contributed by atoms with E-state index in [-0.39, 0.29) is 39.5 Å². The van der Waals surface area contributed by atoms with Crippen molar-refractivity contribution in [1.29, 1.82) is 0 Å². The molecule has 1 atom stereocenters. The quantitative estimate of drug-likeness (QED) is 0.484. The number of rotatable bonds is 2.